The number of aryl methyl sites for hydroxylation is 2. The zero-order valence-corrected chi connectivity index (χ0v) is 24.6. The number of carbonyl (C=O) groups excluding carboxylic acids is 2. The number of amides is 1. The number of nitro groups is 1. The van der Waals surface area contributed by atoms with Gasteiger partial charge in [0.25, 0.3) is 0 Å². The molecule has 43 heavy (non-hydrogen) atoms. The third kappa shape index (κ3) is 8.01. The first kappa shape index (κ1) is 30.8. The first-order valence-corrected chi connectivity index (χ1v) is 13.5. The minimum Gasteiger partial charge on any atom is -0.486 e. The fourth-order valence-corrected chi connectivity index (χ4v) is 4.38. The van der Waals surface area contributed by atoms with Crippen molar-refractivity contribution in [3.8, 4) is 17.2 Å². The smallest absolute Gasteiger partial charge is 0.344 e. The van der Waals surface area contributed by atoms with Crippen LogP contribution in [0.4, 0.5) is 5.69 Å². The van der Waals surface area contributed by atoms with Gasteiger partial charge < -0.3 is 23.2 Å². The van der Waals surface area contributed by atoms with Gasteiger partial charge in [0.2, 0.25) is 5.75 Å². The molecule has 1 N–H and O–H groups in total. The second-order valence-electron chi connectivity index (χ2n) is 9.63. The van der Waals surface area contributed by atoms with Crippen LogP contribution in [0.15, 0.2) is 70.2 Å². The number of nitrogens with one attached hydrogen (secondary N) is 1. The number of rotatable bonds is 12. The number of esters is 1. The van der Waals surface area contributed by atoms with Gasteiger partial charge in [0, 0.05) is 28.7 Å². The second-order valence-corrected chi connectivity index (χ2v) is 10.0. The highest BCUT2D eigenvalue weighted by atomic mass is 35.5. The number of ether oxygens (including phenoxy) is 3. The van der Waals surface area contributed by atoms with Crippen LogP contribution in [0.2, 0.25) is 5.02 Å². The average molecular weight is 609 g/mol. The molecular weight excluding hydrogens is 580 g/mol. The van der Waals surface area contributed by atoms with Gasteiger partial charge >= 0.3 is 17.6 Å². The fraction of sp³-hybridized carbons (Fsp3) is 0.233. The Hall–Kier alpha value is -5.10. The third-order valence-electron chi connectivity index (χ3n) is 5.96. The van der Waals surface area contributed by atoms with Gasteiger partial charge in [-0.2, -0.15) is 5.10 Å². The number of hydrogen-bond acceptors (Lipinski definition) is 9. The van der Waals surface area contributed by atoms with E-state index in [9.17, 15) is 19.7 Å². The molecule has 0 aliphatic carbocycles. The average Bonchev–Trinajstić information content (AvgIpc) is 3.57. The Labute approximate surface area is 252 Å². The summed E-state index contributed by atoms with van der Waals surface area (Å²) < 4.78 is 23.7. The van der Waals surface area contributed by atoms with Gasteiger partial charge in [0.15, 0.2) is 12.4 Å². The van der Waals surface area contributed by atoms with Crippen molar-refractivity contribution in [2.24, 2.45) is 5.10 Å². The lowest BCUT2D eigenvalue weighted by Crippen LogP contribution is -2.19. The maximum Gasteiger partial charge on any atom is 0.344 e. The Morgan fingerprint density at radius 1 is 1.07 bits per heavy atom. The highest BCUT2D eigenvalue weighted by molar-refractivity contribution is 6.32. The summed E-state index contributed by atoms with van der Waals surface area (Å²) in [7, 11) is 0. The Morgan fingerprint density at radius 2 is 1.77 bits per heavy atom. The van der Waals surface area contributed by atoms with Gasteiger partial charge in [-0.3, -0.25) is 14.9 Å². The first-order valence-electron chi connectivity index (χ1n) is 13.1. The van der Waals surface area contributed by atoms with Crippen molar-refractivity contribution in [1.82, 2.24) is 9.99 Å². The maximum atomic E-state index is 12.5. The van der Waals surface area contributed by atoms with E-state index < -0.39 is 29.1 Å². The lowest BCUT2D eigenvalue weighted by molar-refractivity contribution is -0.385. The van der Waals surface area contributed by atoms with Gasteiger partial charge in [0.1, 0.15) is 18.1 Å². The number of benzene rings is 2. The van der Waals surface area contributed by atoms with E-state index in [1.807, 2.05) is 38.1 Å². The monoisotopic (exact) mass is 608 g/mol. The van der Waals surface area contributed by atoms with Crippen LogP contribution >= 0.6 is 11.6 Å². The summed E-state index contributed by atoms with van der Waals surface area (Å²) in [5, 5.41) is 15.3. The van der Waals surface area contributed by atoms with E-state index in [2.05, 4.69) is 27.2 Å². The Balaban J connectivity index is 1.33. The normalized spacial score (nSPS) is 11.1. The van der Waals surface area contributed by atoms with Crippen LogP contribution in [0.1, 0.15) is 47.1 Å². The summed E-state index contributed by atoms with van der Waals surface area (Å²) in [6.45, 7) is 6.95. The van der Waals surface area contributed by atoms with Gasteiger partial charge in [-0.05, 0) is 82.3 Å². The molecule has 0 radical (unpaired) electrons. The Bertz CT molecular complexity index is 1640. The molecule has 0 aliphatic heterocycles. The molecule has 4 aromatic rings. The Morgan fingerprint density at radius 3 is 2.42 bits per heavy atom. The molecule has 2 aromatic heterocycles. The minimum absolute atomic E-state index is 0.00861. The number of nitro benzene ring substituents is 1. The van der Waals surface area contributed by atoms with Crippen molar-refractivity contribution >= 4 is 35.4 Å². The highest BCUT2D eigenvalue weighted by Crippen LogP contribution is 2.36. The molecule has 0 aliphatic rings. The van der Waals surface area contributed by atoms with Crippen LogP contribution in [0.3, 0.4) is 0 Å². The summed E-state index contributed by atoms with van der Waals surface area (Å²) in [6, 6.07) is 17.3. The predicted octanol–water partition coefficient (Wildman–Crippen LogP) is 5.92. The third-order valence-corrected chi connectivity index (χ3v) is 6.24. The summed E-state index contributed by atoms with van der Waals surface area (Å²) in [5.74, 6) is -0.586. The van der Waals surface area contributed by atoms with Crippen LogP contribution < -0.4 is 14.9 Å². The maximum absolute atomic E-state index is 12.5. The van der Waals surface area contributed by atoms with E-state index in [1.54, 1.807) is 19.9 Å². The summed E-state index contributed by atoms with van der Waals surface area (Å²) in [6.07, 6.45) is 0.797. The van der Waals surface area contributed by atoms with Crippen LogP contribution in [-0.2, 0) is 16.1 Å². The molecule has 2 heterocycles. The molecule has 2 aromatic carbocycles. The number of aromatic nitrogens is 1. The summed E-state index contributed by atoms with van der Waals surface area (Å²) >= 11 is 6.17. The topological polar surface area (TPSA) is 147 Å². The minimum atomic E-state index is -0.712. The lowest BCUT2D eigenvalue weighted by atomic mass is 10.2. The van der Waals surface area contributed by atoms with Crippen molar-refractivity contribution in [3.63, 3.8) is 0 Å². The summed E-state index contributed by atoms with van der Waals surface area (Å²) in [5.41, 5.74) is 5.29. The molecule has 0 atom stereocenters. The van der Waals surface area contributed by atoms with E-state index in [4.69, 9.17) is 30.2 Å². The van der Waals surface area contributed by atoms with Crippen molar-refractivity contribution in [2.75, 3.05) is 6.61 Å². The first-order chi connectivity index (χ1) is 20.5. The van der Waals surface area contributed by atoms with Crippen molar-refractivity contribution < 1.29 is 33.1 Å². The van der Waals surface area contributed by atoms with E-state index in [0.29, 0.717) is 11.5 Å². The van der Waals surface area contributed by atoms with Crippen LogP contribution in [0.5, 0.6) is 11.5 Å². The van der Waals surface area contributed by atoms with Gasteiger partial charge in [-0.15, -0.1) is 0 Å². The number of furan rings is 1. The quantitative estimate of drug-likeness (QED) is 0.0901. The number of hydrazone groups is 1. The van der Waals surface area contributed by atoms with E-state index in [-0.39, 0.29) is 34.8 Å². The number of nitrogens with zero attached hydrogens (tertiary/aromatic N) is 3. The molecule has 12 nitrogen and oxygen atoms in total. The second kappa shape index (κ2) is 13.7. The van der Waals surface area contributed by atoms with Crippen LogP contribution in [-0.4, -0.2) is 40.3 Å². The summed E-state index contributed by atoms with van der Waals surface area (Å²) in [4.78, 5) is 35.1. The van der Waals surface area contributed by atoms with Crippen molar-refractivity contribution in [3.05, 3.63) is 104 Å². The molecule has 0 spiro atoms. The number of carbonyl (C=O) groups is 2. The Kier molecular flexibility index (Phi) is 9.83. The van der Waals surface area contributed by atoms with Gasteiger partial charge in [0.05, 0.1) is 22.3 Å². The van der Waals surface area contributed by atoms with Crippen molar-refractivity contribution in [2.45, 2.75) is 40.4 Å². The number of halogens is 1. The van der Waals surface area contributed by atoms with Crippen LogP contribution in [0, 0.1) is 24.0 Å². The molecule has 4 rings (SSSR count). The van der Waals surface area contributed by atoms with Crippen LogP contribution in [0.25, 0.3) is 5.69 Å². The zero-order valence-electron chi connectivity index (χ0n) is 23.8. The van der Waals surface area contributed by atoms with E-state index in [0.717, 1.165) is 23.1 Å². The van der Waals surface area contributed by atoms with Crippen molar-refractivity contribution in [1.29, 1.82) is 0 Å². The molecule has 0 saturated carbocycles. The molecule has 0 bridgehead atoms. The predicted molar refractivity (Wildman–Crippen MR) is 158 cm³/mol. The molecule has 13 heteroatoms. The molecule has 0 saturated heterocycles. The molecular formula is C30H29ClN4O8. The zero-order chi connectivity index (χ0) is 31.1. The molecule has 0 unspecified atom stereocenters. The lowest BCUT2D eigenvalue weighted by Gasteiger charge is -2.11. The molecule has 1 amide bonds. The van der Waals surface area contributed by atoms with Gasteiger partial charge in [-0.25, -0.2) is 10.2 Å². The molecule has 224 valence electrons. The SMILES string of the molecule is Cc1ccc(C)n1-c1ccc(OCc2ccc(C(=O)N/N=C/c3cc(Cl)c(OCC(=O)OC(C)C)c([N+](=O)[O-])c3)o2)cc1. The standard InChI is InChI=1S/C30H29ClN4O8/c1-18(2)42-28(36)17-41-29-25(31)13-21(14-26(29)35(38)39)15-32-33-30(37)27-12-11-24(43-27)16-40-23-9-7-22(8-10-23)34-19(3)5-6-20(34)4/h5-15,18H,16-17H2,1-4H3,(H,33,37)/b32-15+. The number of hydrogen-bond donors (Lipinski definition) is 1. The molecule has 0 fully saturated rings. The van der Waals surface area contributed by atoms with E-state index in [1.165, 1.54) is 18.3 Å². The van der Waals surface area contributed by atoms with E-state index >= 15 is 0 Å². The largest absolute Gasteiger partial charge is 0.486 e. The fourth-order valence-electron chi connectivity index (χ4n) is 4.10. The highest BCUT2D eigenvalue weighted by Gasteiger charge is 2.22. The van der Waals surface area contributed by atoms with Gasteiger partial charge in [-0.1, -0.05) is 11.6 Å².